The fraction of sp³-hybridized carbons (Fsp3) is 0.312. The first-order valence-electron chi connectivity index (χ1n) is 6.71. The predicted molar refractivity (Wildman–Crippen MR) is 96.7 cm³/mol. The molecule has 0 fully saturated rings. The van der Waals surface area contributed by atoms with Crippen LogP contribution in [0.2, 0.25) is 0 Å². The van der Waals surface area contributed by atoms with Crippen molar-refractivity contribution >= 4 is 45.0 Å². The number of anilines is 1. The van der Waals surface area contributed by atoms with Crippen LogP contribution in [-0.2, 0) is 5.88 Å². The van der Waals surface area contributed by atoms with E-state index in [0.29, 0.717) is 5.88 Å². The minimum atomic E-state index is 0.471. The van der Waals surface area contributed by atoms with E-state index in [1.54, 1.807) is 0 Å². The first-order chi connectivity index (χ1) is 10.1. The van der Waals surface area contributed by atoms with Crippen LogP contribution in [0.3, 0.4) is 0 Å². The lowest BCUT2D eigenvalue weighted by atomic mass is 10.2. The molecule has 0 aliphatic heterocycles. The molecular weight excluding hydrogens is 368 g/mol. The summed E-state index contributed by atoms with van der Waals surface area (Å²) in [5.41, 5.74) is 3.40. The van der Waals surface area contributed by atoms with E-state index < -0.39 is 0 Å². The van der Waals surface area contributed by atoms with Gasteiger partial charge in [0.05, 0.1) is 11.6 Å². The van der Waals surface area contributed by atoms with E-state index in [4.69, 9.17) is 11.6 Å². The van der Waals surface area contributed by atoms with Gasteiger partial charge >= 0.3 is 0 Å². The Balaban J connectivity index is 1.91. The van der Waals surface area contributed by atoms with Crippen LogP contribution < -0.4 is 4.90 Å². The maximum Gasteiger partial charge on any atom is 0.0650 e. The summed E-state index contributed by atoms with van der Waals surface area (Å²) in [7, 11) is 2.12. The van der Waals surface area contributed by atoms with Gasteiger partial charge in [-0.25, -0.2) is 0 Å². The van der Waals surface area contributed by atoms with Gasteiger partial charge in [-0.1, -0.05) is 15.9 Å². The summed E-state index contributed by atoms with van der Waals surface area (Å²) in [5.74, 6) is 1.50. The number of aromatic nitrogens is 1. The molecule has 1 heterocycles. The molecule has 5 heteroatoms. The number of thioether (sulfide) groups is 1. The Morgan fingerprint density at radius 2 is 1.95 bits per heavy atom. The highest BCUT2D eigenvalue weighted by Gasteiger charge is 2.06. The van der Waals surface area contributed by atoms with Crippen LogP contribution in [0.1, 0.15) is 11.3 Å². The molecule has 0 spiro atoms. The minimum absolute atomic E-state index is 0.471. The smallest absolute Gasteiger partial charge is 0.0650 e. The lowest BCUT2D eigenvalue weighted by Gasteiger charge is -2.19. The third kappa shape index (κ3) is 4.63. The first-order valence-corrected chi connectivity index (χ1v) is 9.03. The molecule has 2 rings (SSSR count). The van der Waals surface area contributed by atoms with E-state index in [9.17, 15) is 0 Å². The largest absolute Gasteiger partial charge is 0.374 e. The molecule has 0 atom stereocenters. The quantitative estimate of drug-likeness (QED) is 0.507. The number of hydrogen-bond donors (Lipinski definition) is 0. The standard InChI is InChI=1S/C16H18BrClN2S/c1-12-15(11-18)19-8-7-16(12)21-10-9-20(2)14-5-3-13(17)4-6-14/h3-8H,9-11H2,1-2H3. The van der Waals surface area contributed by atoms with Gasteiger partial charge < -0.3 is 4.90 Å². The Labute approximate surface area is 144 Å². The molecule has 0 amide bonds. The molecule has 0 unspecified atom stereocenters. The molecule has 1 aromatic carbocycles. The molecule has 2 nitrogen and oxygen atoms in total. The molecule has 0 aliphatic carbocycles. The lowest BCUT2D eigenvalue weighted by Crippen LogP contribution is -2.20. The molecule has 21 heavy (non-hydrogen) atoms. The third-order valence-electron chi connectivity index (χ3n) is 3.34. The SMILES string of the molecule is Cc1c(SCCN(C)c2ccc(Br)cc2)ccnc1CCl. The topological polar surface area (TPSA) is 16.1 Å². The second-order valence-corrected chi connectivity index (χ2v) is 7.08. The van der Waals surface area contributed by atoms with Crippen LogP contribution in [0.4, 0.5) is 5.69 Å². The van der Waals surface area contributed by atoms with Crippen LogP contribution in [-0.4, -0.2) is 24.3 Å². The fourth-order valence-corrected chi connectivity index (χ4v) is 3.58. The first kappa shape index (κ1) is 16.7. The summed E-state index contributed by atoms with van der Waals surface area (Å²) in [4.78, 5) is 7.83. The molecule has 0 saturated carbocycles. The average Bonchev–Trinajstić information content (AvgIpc) is 2.49. The second-order valence-electron chi connectivity index (χ2n) is 4.76. The van der Waals surface area contributed by atoms with Crippen molar-refractivity contribution < 1.29 is 0 Å². The predicted octanol–water partition coefficient (Wildman–Crippen LogP) is 5.12. The molecule has 112 valence electrons. The minimum Gasteiger partial charge on any atom is -0.374 e. The molecule has 1 aromatic heterocycles. The number of hydrogen-bond acceptors (Lipinski definition) is 3. The normalized spacial score (nSPS) is 10.7. The van der Waals surface area contributed by atoms with Gasteiger partial charge in [-0.05, 0) is 42.8 Å². The van der Waals surface area contributed by atoms with Crippen molar-refractivity contribution in [3.63, 3.8) is 0 Å². The van der Waals surface area contributed by atoms with Crippen molar-refractivity contribution in [3.05, 3.63) is 52.3 Å². The molecule has 0 radical (unpaired) electrons. The summed E-state index contributed by atoms with van der Waals surface area (Å²) in [5, 5.41) is 0. The van der Waals surface area contributed by atoms with Crippen LogP contribution in [0.15, 0.2) is 45.9 Å². The Kier molecular flexibility index (Phi) is 6.40. The van der Waals surface area contributed by atoms with Gasteiger partial charge in [0.15, 0.2) is 0 Å². The molecular formula is C16H18BrClN2S. The summed E-state index contributed by atoms with van der Waals surface area (Å²) >= 11 is 11.2. The molecule has 0 saturated heterocycles. The number of benzene rings is 1. The monoisotopic (exact) mass is 384 g/mol. The van der Waals surface area contributed by atoms with Gasteiger partial charge in [0, 0.05) is 40.6 Å². The van der Waals surface area contributed by atoms with Crippen molar-refractivity contribution in [1.82, 2.24) is 4.98 Å². The Morgan fingerprint density at radius 3 is 2.62 bits per heavy atom. The summed E-state index contributed by atoms with van der Waals surface area (Å²) < 4.78 is 1.11. The molecule has 0 bridgehead atoms. The van der Waals surface area contributed by atoms with E-state index in [1.165, 1.54) is 16.1 Å². The van der Waals surface area contributed by atoms with E-state index in [1.807, 2.05) is 18.0 Å². The third-order valence-corrected chi connectivity index (χ3v) is 5.26. The highest BCUT2D eigenvalue weighted by atomic mass is 79.9. The zero-order chi connectivity index (χ0) is 15.2. The van der Waals surface area contributed by atoms with Gasteiger partial charge in [-0.2, -0.15) is 0 Å². The Morgan fingerprint density at radius 1 is 1.24 bits per heavy atom. The highest BCUT2D eigenvalue weighted by Crippen LogP contribution is 2.25. The number of alkyl halides is 1. The summed E-state index contributed by atoms with van der Waals surface area (Å²) in [6.45, 7) is 3.08. The van der Waals surface area contributed by atoms with E-state index in [0.717, 1.165) is 22.5 Å². The highest BCUT2D eigenvalue weighted by molar-refractivity contribution is 9.10. The number of rotatable bonds is 6. The summed E-state index contributed by atoms with van der Waals surface area (Å²) in [6, 6.07) is 10.4. The van der Waals surface area contributed by atoms with Gasteiger partial charge in [0.25, 0.3) is 0 Å². The van der Waals surface area contributed by atoms with Crippen LogP contribution >= 0.6 is 39.3 Å². The van der Waals surface area contributed by atoms with Crippen LogP contribution in [0, 0.1) is 6.92 Å². The fourth-order valence-electron chi connectivity index (χ4n) is 1.97. The van der Waals surface area contributed by atoms with Gasteiger partial charge in [-0.3, -0.25) is 4.98 Å². The van der Waals surface area contributed by atoms with Crippen molar-refractivity contribution in [2.45, 2.75) is 17.7 Å². The van der Waals surface area contributed by atoms with Gasteiger partial charge in [-0.15, -0.1) is 23.4 Å². The second kappa shape index (κ2) is 8.06. The Hall–Kier alpha value is -0.710. The summed E-state index contributed by atoms with van der Waals surface area (Å²) in [6.07, 6.45) is 1.84. The number of halogens is 2. The maximum absolute atomic E-state index is 5.90. The Bertz CT molecular complexity index is 589. The van der Waals surface area contributed by atoms with Crippen molar-refractivity contribution in [2.24, 2.45) is 0 Å². The van der Waals surface area contributed by atoms with Crippen LogP contribution in [0.5, 0.6) is 0 Å². The van der Waals surface area contributed by atoms with E-state index >= 15 is 0 Å². The number of nitrogens with zero attached hydrogens (tertiary/aromatic N) is 2. The van der Waals surface area contributed by atoms with Crippen molar-refractivity contribution in [2.75, 3.05) is 24.2 Å². The van der Waals surface area contributed by atoms with Crippen molar-refractivity contribution in [3.8, 4) is 0 Å². The van der Waals surface area contributed by atoms with Gasteiger partial charge in [0.1, 0.15) is 0 Å². The van der Waals surface area contributed by atoms with E-state index in [2.05, 4.69) is 70.1 Å². The van der Waals surface area contributed by atoms with Gasteiger partial charge in [0.2, 0.25) is 0 Å². The lowest BCUT2D eigenvalue weighted by molar-refractivity contribution is 0.975. The zero-order valence-electron chi connectivity index (χ0n) is 12.1. The van der Waals surface area contributed by atoms with Crippen molar-refractivity contribution in [1.29, 1.82) is 0 Å². The zero-order valence-corrected chi connectivity index (χ0v) is 15.3. The van der Waals surface area contributed by atoms with E-state index in [-0.39, 0.29) is 0 Å². The number of pyridine rings is 1. The molecule has 0 aliphatic rings. The molecule has 0 N–H and O–H groups in total. The average molecular weight is 386 g/mol. The molecule has 2 aromatic rings. The maximum atomic E-state index is 5.90. The van der Waals surface area contributed by atoms with Crippen LogP contribution in [0.25, 0.3) is 0 Å².